The van der Waals surface area contributed by atoms with Gasteiger partial charge in [-0.15, -0.1) is 11.3 Å². The van der Waals surface area contributed by atoms with Crippen LogP contribution >= 0.6 is 22.9 Å². The van der Waals surface area contributed by atoms with E-state index in [0.29, 0.717) is 30.2 Å². The Hall–Kier alpha value is -1.82. The van der Waals surface area contributed by atoms with Crippen molar-refractivity contribution in [1.29, 1.82) is 0 Å². The van der Waals surface area contributed by atoms with E-state index in [1.807, 2.05) is 46.3 Å². The maximum absolute atomic E-state index is 12.4. The normalized spacial score (nSPS) is 11.0. The van der Waals surface area contributed by atoms with Gasteiger partial charge < -0.3 is 15.0 Å². The Kier molecular flexibility index (Phi) is 5.00. The molecule has 1 amide bonds. The maximum Gasteiger partial charge on any atom is 0.267 e. The quantitative estimate of drug-likeness (QED) is 0.670. The fraction of sp³-hybridized carbons (Fsp3) is 0.235. The molecule has 0 radical (unpaired) electrons. The molecule has 0 saturated heterocycles. The zero-order valence-corrected chi connectivity index (χ0v) is 14.0. The summed E-state index contributed by atoms with van der Waals surface area (Å²) >= 11 is 7.87. The number of hydrogen-bond acceptors (Lipinski definition) is 3. The molecule has 4 nitrogen and oxygen atoms in total. The molecular formula is C17H17ClN2O2S. The molecule has 23 heavy (non-hydrogen) atoms. The Morgan fingerprint density at radius 1 is 1.30 bits per heavy atom. The molecule has 3 aromatic rings. The van der Waals surface area contributed by atoms with E-state index in [1.54, 1.807) is 11.3 Å². The molecule has 0 aliphatic heterocycles. The number of hydrogen-bond donors (Lipinski definition) is 2. The molecule has 0 aliphatic rings. The summed E-state index contributed by atoms with van der Waals surface area (Å²) in [5, 5.41) is 14.4. The van der Waals surface area contributed by atoms with Crippen LogP contribution in [0.4, 0.5) is 0 Å². The van der Waals surface area contributed by atoms with Crippen LogP contribution in [0.25, 0.3) is 10.2 Å². The number of fused-ring (bicyclic) bond motifs is 1. The minimum Gasteiger partial charge on any atom is -0.396 e. The number of benzene rings is 1. The van der Waals surface area contributed by atoms with Crippen LogP contribution in [0.2, 0.25) is 5.02 Å². The third-order valence-corrected chi connectivity index (χ3v) is 4.88. The minimum atomic E-state index is -0.131. The van der Waals surface area contributed by atoms with Crippen LogP contribution in [0, 0.1) is 0 Å². The van der Waals surface area contributed by atoms with Gasteiger partial charge in [0.2, 0.25) is 0 Å². The summed E-state index contributed by atoms with van der Waals surface area (Å²) in [5.74, 6) is -0.131. The second kappa shape index (κ2) is 7.17. The SMILES string of the molecule is O=C(NCCCO)c1cc2sccc2n1Cc1ccccc1Cl. The van der Waals surface area contributed by atoms with Crippen LogP contribution in [-0.2, 0) is 6.54 Å². The lowest BCUT2D eigenvalue weighted by Crippen LogP contribution is -2.27. The van der Waals surface area contributed by atoms with E-state index < -0.39 is 0 Å². The molecule has 2 N–H and O–H groups in total. The number of carbonyl (C=O) groups excluding carboxylic acids is 1. The summed E-state index contributed by atoms with van der Waals surface area (Å²) in [7, 11) is 0. The first-order chi connectivity index (χ1) is 11.2. The molecule has 0 spiro atoms. The Morgan fingerprint density at radius 2 is 2.13 bits per heavy atom. The molecule has 1 aromatic carbocycles. The van der Waals surface area contributed by atoms with Crippen molar-refractivity contribution in [1.82, 2.24) is 9.88 Å². The number of carbonyl (C=O) groups is 1. The molecule has 0 bridgehead atoms. The van der Waals surface area contributed by atoms with E-state index in [9.17, 15) is 4.79 Å². The van der Waals surface area contributed by atoms with Crippen LogP contribution < -0.4 is 5.32 Å². The van der Waals surface area contributed by atoms with Crippen molar-refractivity contribution < 1.29 is 9.90 Å². The number of nitrogens with one attached hydrogen (secondary N) is 1. The molecule has 6 heteroatoms. The lowest BCUT2D eigenvalue weighted by atomic mass is 10.2. The van der Waals surface area contributed by atoms with Gasteiger partial charge in [-0.2, -0.15) is 0 Å². The van der Waals surface area contributed by atoms with E-state index in [4.69, 9.17) is 16.7 Å². The summed E-state index contributed by atoms with van der Waals surface area (Å²) in [6.45, 7) is 1.07. The minimum absolute atomic E-state index is 0.0655. The van der Waals surface area contributed by atoms with Gasteiger partial charge in [-0.05, 0) is 35.6 Å². The Labute approximate surface area is 143 Å². The van der Waals surface area contributed by atoms with Crippen LogP contribution in [0.1, 0.15) is 22.5 Å². The lowest BCUT2D eigenvalue weighted by molar-refractivity contribution is 0.0943. The number of amides is 1. The van der Waals surface area contributed by atoms with Crippen LogP contribution in [-0.4, -0.2) is 28.7 Å². The molecule has 0 atom stereocenters. The van der Waals surface area contributed by atoms with E-state index in [1.165, 1.54) is 0 Å². The van der Waals surface area contributed by atoms with Gasteiger partial charge in [0.15, 0.2) is 0 Å². The molecule has 0 saturated carbocycles. The monoisotopic (exact) mass is 348 g/mol. The number of aliphatic hydroxyl groups is 1. The number of nitrogens with zero attached hydrogens (tertiary/aromatic N) is 1. The standard InChI is InChI=1S/C17H17ClN2O2S/c18-13-5-2-1-4-12(13)11-20-14-6-9-23-16(14)10-15(20)17(22)19-7-3-8-21/h1-2,4-6,9-10,21H,3,7-8,11H2,(H,19,22). The van der Waals surface area contributed by atoms with Gasteiger partial charge in [-0.25, -0.2) is 0 Å². The Bertz CT molecular complexity index is 825. The lowest BCUT2D eigenvalue weighted by Gasteiger charge is -2.12. The van der Waals surface area contributed by atoms with Crippen LogP contribution in [0.5, 0.6) is 0 Å². The number of halogens is 1. The molecular weight excluding hydrogens is 332 g/mol. The van der Waals surface area contributed by atoms with Crippen molar-refractivity contribution in [2.24, 2.45) is 0 Å². The Balaban J connectivity index is 1.94. The first-order valence-electron chi connectivity index (χ1n) is 7.40. The second-order valence-electron chi connectivity index (χ2n) is 5.21. The maximum atomic E-state index is 12.4. The average Bonchev–Trinajstić information content (AvgIpc) is 3.12. The highest BCUT2D eigenvalue weighted by Gasteiger charge is 2.17. The first kappa shape index (κ1) is 16.1. The van der Waals surface area contributed by atoms with Crippen LogP contribution in [0.15, 0.2) is 41.8 Å². The number of aliphatic hydroxyl groups excluding tert-OH is 1. The third-order valence-electron chi connectivity index (χ3n) is 3.66. The van der Waals surface area contributed by atoms with E-state index in [-0.39, 0.29) is 12.5 Å². The number of aromatic nitrogens is 1. The van der Waals surface area contributed by atoms with Gasteiger partial charge in [0.1, 0.15) is 5.69 Å². The smallest absolute Gasteiger partial charge is 0.267 e. The van der Waals surface area contributed by atoms with Crippen molar-refractivity contribution in [3.63, 3.8) is 0 Å². The van der Waals surface area contributed by atoms with Crippen molar-refractivity contribution >= 4 is 39.1 Å². The summed E-state index contributed by atoms with van der Waals surface area (Å²) in [6.07, 6.45) is 0.547. The summed E-state index contributed by atoms with van der Waals surface area (Å²) in [6, 6.07) is 11.6. The second-order valence-corrected chi connectivity index (χ2v) is 6.57. The highest BCUT2D eigenvalue weighted by Crippen LogP contribution is 2.27. The third kappa shape index (κ3) is 3.42. The average molecular weight is 349 g/mol. The molecule has 2 heterocycles. The molecule has 3 rings (SSSR count). The van der Waals surface area contributed by atoms with Crippen molar-refractivity contribution in [3.8, 4) is 0 Å². The fourth-order valence-electron chi connectivity index (χ4n) is 2.50. The predicted octanol–water partition coefficient (Wildman–Crippen LogP) is 3.52. The molecule has 2 aromatic heterocycles. The van der Waals surface area contributed by atoms with Gasteiger partial charge in [0, 0.05) is 24.7 Å². The molecule has 0 fully saturated rings. The molecule has 0 unspecified atom stereocenters. The summed E-state index contributed by atoms with van der Waals surface area (Å²) < 4.78 is 3.06. The predicted molar refractivity (Wildman–Crippen MR) is 94.4 cm³/mol. The summed E-state index contributed by atoms with van der Waals surface area (Å²) in [4.78, 5) is 12.4. The fourth-order valence-corrected chi connectivity index (χ4v) is 3.52. The van der Waals surface area contributed by atoms with Gasteiger partial charge in [-0.3, -0.25) is 4.79 Å². The summed E-state index contributed by atoms with van der Waals surface area (Å²) in [5.41, 5.74) is 2.62. The van der Waals surface area contributed by atoms with Crippen molar-refractivity contribution in [3.05, 3.63) is 58.1 Å². The molecule has 120 valence electrons. The largest absolute Gasteiger partial charge is 0.396 e. The first-order valence-corrected chi connectivity index (χ1v) is 8.65. The zero-order chi connectivity index (χ0) is 16.2. The van der Waals surface area contributed by atoms with Gasteiger partial charge >= 0.3 is 0 Å². The molecule has 0 aliphatic carbocycles. The highest BCUT2D eigenvalue weighted by molar-refractivity contribution is 7.17. The number of rotatable bonds is 6. The zero-order valence-electron chi connectivity index (χ0n) is 12.5. The topological polar surface area (TPSA) is 54.3 Å². The van der Waals surface area contributed by atoms with Crippen LogP contribution in [0.3, 0.4) is 0 Å². The van der Waals surface area contributed by atoms with Gasteiger partial charge in [-0.1, -0.05) is 29.8 Å². The number of thiophene rings is 1. The highest BCUT2D eigenvalue weighted by atomic mass is 35.5. The van der Waals surface area contributed by atoms with Gasteiger partial charge in [0.05, 0.1) is 10.2 Å². The van der Waals surface area contributed by atoms with E-state index in [2.05, 4.69) is 5.32 Å². The van der Waals surface area contributed by atoms with E-state index >= 15 is 0 Å². The van der Waals surface area contributed by atoms with Gasteiger partial charge in [0.25, 0.3) is 5.91 Å². The van der Waals surface area contributed by atoms with E-state index in [0.717, 1.165) is 15.8 Å². The van der Waals surface area contributed by atoms with Crippen molar-refractivity contribution in [2.75, 3.05) is 13.2 Å². The Morgan fingerprint density at radius 3 is 2.91 bits per heavy atom. The van der Waals surface area contributed by atoms with Crippen molar-refractivity contribution in [2.45, 2.75) is 13.0 Å².